The number of amides is 2. The topological polar surface area (TPSA) is 71.5 Å². The maximum absolute atomic E-state index is 13.4. The Morgan fingerprint density at radius 3 is 2.89 bits per heavy atom. The lowest BCUT2D eigenvalue weighted by Gasteiger charge is -2.38. The van der Waals surface area contributed by atoms with Crippen LogP contribution in [0.5, 0.6) is 5.75 Å². The van der Waals surface area contributed by atoms with E-state index in [9.17, 15) is 14.0 Å². The highest BCUT2D eigenvalue weighted by Crippen LogP contribution is 2.38. The molecule has 4 rings (SSSR count). The van der Waals surface area contributed by atoms with Gasteiger partial charge in [-0.05, 0) is 44.2 Å². The Balaban J connectivity index is 1.66. The van der Waals surface area contributed by atoms with Crippen molar-refractivity contribution >= 4 is 44.2 Å². The van der Waals surface area contributed by atoms with Crippen molar-refractivity contribution in [3.05, 3.63) is 48.3 Å². The molecule has 1 aromatic heterocycles. The number of halogens is 1. The number of nitrogens with zero attached hydrogens (tertiary/aromatic N) is 2. The molecule has 27 heavy (non-hydrogen) atoms. The minimum Gasteiger partial charge on any atom is -0.465 e. The van der Waals surface area contributed by atoms with Gasteiger partial charge in [0.2, 0.25) is 0 Å². The number of thiazole rings is 1. The molecular formula is C19H16FN3O3S. The molecule has 0 saturated carbocycles. The molecule has 3 aromatic rings. The number of hydrogen-bond donors (Lipinski definition) is 1. The summed E-state index contributed by atoms with van der Waals surface area (Å²) in [5, 5.41) is 2.92. The third-order valence-corrected chi connectivity index (χ3v) is 5.38. The van der Waals surface area contributed by atoms with Crippen LogP contribution in [0.2, 0.25) is 0 Å². The number of anilines is 2. The van der Waals surface area contributed by atoms with E-state index >= 15 is 0 Å². The molecule has 1 atom stereocenters. The summed E-state index contributed by atoms with van der Waals surface area (Å²) in [6.45, 7) is 3.68. The Bertz CT molecular complexity index is 1070. The minimum atomic E-state index is -1.73. The lowest BCUT2D eigenvalue weighted by atomic mass is 10.00. The number of likely N-dealkylation sites (N-methyl/N-ethyl adjacent to an activating group) is 1. The van der Waals surface area contributed by atoms with Gasteiger partial charge >= 0.3 is 0 Å². The van der Waals surface area contributed by atoms with E-state index in [0.717, 1.165) is 11.3 Å². The van der Waals surface area contributed by atoms with Crippen LogP contribution in [0.4, 0.5) is 15.2 Å². The third kappa shape index (κ3) is 2.82. The SMILES string of the molecule is CCN1C(=O)C(C)(C(=O)Nc2nc3ccc(F)cc3s2)Oc2ccccc21. The van der Waals surface area contributed by atoms with Gasteiger partial charge in [0.15, 0.2) is 5.13 Å². The van der Waals surface area contributed by atoms with Crippen molar-refractivity contribution in [2.24, 2.45) is 0 Å². The Kier molecular flexibility index (Phi) is 4.07. The average Bonchev–Trinajstić information content (AvgIpc) is 3.04. The van der Waals surface area contributed by atoms with Crippen molar-refractivity contribution in [2.45, 2.75) is 19.4 Å². The first kappa shape index (κ1) is 17.4. The first-order valence-electron chi connectivity index (χ1n) is 8.40. The summed E-state index contributed by atoms with van der Waals surface area (Å²) in [6, 6.07) is 11.3. The molecule has 2 aromatic carbocycles. The summed E-state index contributed by atoms with van der Waals surface area (Å²) >= 11 is 1.13. The molecule has 0 aliphatic carbocycles. The summed E-state index contributed by atoms with van der Waals surface area (Å²) in [7, 11) is 0. The van der Waals surface area contributed by atoms with E-state index in [1.807, 2.05) is 6.92 Å². The molecule has 2 heterocycles. The fraction of sp³-hybridized carbons (Fsp3) is 0.211. The first-order chi connectivity index (χ1) is 12.9. The Morgan fingerprint density at radius 1 is 1.33 bits per heavy atom. The molecule has 8 heteroatoms. The van der Waals surface area contributed by atoms with Crippen LogP contribution in [0.3, 0.4) is 0 Å². The van der Waals surface area contributed by atoms with Crippen LogP contribution in [0.25, 0.3) is 10.2 Å². The second-order valence-corrected chi connectivity index (χ2v) is 7.27. The highest BCUT2D eigenvalue weighted by molar-refractivity contribution is 7.22. The fourth-order valence-electron chi connectivity index (χ4n) is 3.02. The number of aromatic nitrogens is 1. The molecule has 0 bridgehead atoms. The largest absolute Gasteiger partial charge is 0.465 e. The average molecular weight is 385 g/mol. The number of hydrogen-bond acceptors (Lipinski definition) is 5. The van der Waals surface area contributed by atoms with E-state index in [-0.39, 0.29) is 10.9 Å². The van der Waals surface area contributed by atoms with Crippen molar-refractivity contribution < 1.29 is 18.7 Å². The van der Waals surface area contributed by atoms with Gasteiger partial charge in [-0.15, -0.1) is 0 Å². The molecule has 1 aliphatic rings. The first-order valence-corrected chi connectivity index (χ1v) is 9.21. The summed E-state index contributed by atoms with van der Waals surface area (Å²) in [5.74, 6) is -0.992. The van der Waals surface area contributed by atoms with Crippen LogP contribution in [-0.2, 0) is 9.59 Å². The van der Waals surface area contributed by atoms with Crippen LogP contribution >= 0.6 is 11.3 Å². The summed E-state index contributed by atoms with van der Waals surface area (Å²) in [4.78, 5) is 31.7. The number of ether oxygens (including phenoxy) is 1. The van der Waals surface area contributed by atoms with Gasteiger partial charge in [0.25, 0.3) is 17.4 Å². The zero-order valence-corrected chi connectivity index (χ0v) is 15.5. The van der Waals surface area contributed by atoms with Gasteiger partial charge < -0.3 is 9.64 Å². The fourth-order valence-corrected chi connectivity index (χ4v) is 3.91. The van der Waals surface area contributed by atoms with Crippen molar-refractivity contribution in [2.75, 3.05) is 16.8 Å². The van der Waals surface area contributed by atoms with E-state index in [0.29, 0.717) is 28.2 Å². The van der Waals surface area contributed by atoms with E-state index in [1.165, 1.54) is 30.0 Å². The number of carbonyl (C=O) groups excluding carboxylic acids is 2. The van der Waals surface area contributed by atoms with Crippen LogP contribution in [0.1, 0.15) is 13.8 Å². The molecule has 0 spiro atoms. The zero-order chi connectivity index (χ0) is 19.2. The van der Waals surface area contributed by atoms with Crippen molar-refractivity contribution in [3.63, 3.8) is 0 Å². The number of carbonyl (C=O) groups is 2. The number of rotatable bonds is 3. The molecule has 1 unspecified atom stereocenters. The Labute approximate surface area is 158 Å². The van der Waals surface area contributed by atoms with Crippen molar-refractivity contribution in [1.82, 2.24) is 4.98 Å². The Hall–Kier alpha value is -3.00. The van der Waals surface area contributed by atoms with Gasteiger partial charge in [-0.1, -0.05) is 23.5 Å². The highest BCUT2D eigenvalue weighted by atomic mass is 32.1. The zero-order valence-electron chi connectivity index (χ0n) is 14.7. The van der Waals surface area contributed by atoms with Crippen molar-refractivity contribution in [1.29, 1.82) is 0 Å². The van der Waals surface area contributed by atoms with Crippen LogP contribution in [-0.4, -0.2) is 28.9 Å². The van der Waals surface area contributed by atoms with Crippen molar-refractivity contribution in [3.8, 4) is 5.75 Å². The lowest BCUT2D eigenvalue weighted by molar-refractivity contribution is -0.145. The van der Waals surface area contributed by atoms with E-state index in [4.69, 9.17) is 4.74 Å². The van der Waals surface area contributed by atoms with Gasteiger partial charge in [0.05, 0.1) is 15.9 Å². The summed E-state index contributed by atoms with van der Waals surface area (Å²) < 4.78 is 19.8. The second-order valence-electron chi connectivity index (χ2n) is 6.24. The maximum Gasteiger partial charge on any atom is 0.280 e. The second kappa shape index (κ2) is 6.31. The summed E-state index contributed by atoms with van der Waals surface area (Å²) in [6.07, 6.45) is 0. The number of fused-ring (bicyclic) bond motifs is 2. The molecule has 6 nitrogen and oxygen atoms in total. The quantitative estimate of drug-likeness (QED) is 0.700. The van der Waals surface area contributed by atoms with Gasteiger partial charge in [0, 0.05) is 6.54 Å². The molecule has 2 amide bonds. The smallest absolute Gasteiger partial charge is 0.280 e. The lowest BCUT2D eigenvalue weighted by Crippen LogP contribution is -2.60. The van der Waals surface area contributed by atoms with E-state index in [1.54, 1.807) is 24.3 Å². The van der Waals surface area contributed by atoms with Gasteiger partial charge in [-0.3, -0.25) is 14.9 Å². The monoisotopic (exact) mass is 385 g/mol. The van der Waals surface area contributed by atoms with Gasteiger partial charge in [-0.25, -0.2) is 9.37 Å². The summed E-state index contributed by atoms with van der Waals surface area (Å²) in [5.41, 5.74) is -0.531. The van der Waals surface area contributed by atoms with E-state index < -0.39 is 17.4 Å². The number of benzene rings is 2. The van der Waals surface area contributed by atoms with Crippen LogP contribution in [0.15, 0.2) is 42.5 Å². The third-order valence-electron chi connectivity index (χ3n) is 4.44. The standard InChI is InChI=1S/C19H16FN3O3S/c1-3-23-13-6-4-5-7-14(13)26-19(2,17(23)25)16(24)22-18-21-12-9-8-11(20)10-15(12)27-18/h4-10H,3H2,1-2H3,(H,21,22,24). The minimum absolute atomic E-state index is 0.278. The maximum atomic E-state index is 13.4. The molecule has 0 saturated heterocycles. The molecule has 1 aliphatic heterocycles. The van der Waals surface area contributed by atoms with Gasteiger partial charge in [-0.2, -0.15) is 0 Å². The van der Waals surface area contributed by atoms with Crippen LogP contribution in [0, 0.1) is 5.82 Å². The van der Waals surface area contributed by atoms with Gasteiger partial charge in [0.1, 0.15) is 11.6 Å². The molecule has 0 radical (unpaired) electrons. The predicted octanol–water partition coefficient (Wildman–Crippen LogP) is 3.58. The normalized spacial score (nSPS) is 18.9. The highest BCUT2D eigenvalue weighted by Gasteiger charge is 2.50. The molecule has 0 fully saturated rings. The Morgan fingerprint density at radius 2 is 2.11 bits per heavy atom. The molecular weight excluding hydrogens is 369 g/mol. The number of para-hydroxylation sites is 2. The van der Waals surface area contributed by atoms with E-state index in [2.05, 4.69) is 10.3 Å². The number of nitrogens with one attached hydrogen (secondary N) is 1. The predicted molar refractivity (Wildman–Crippen MR) is 102 cm³/mol. The molecule has 1 N–H and O–H groups in total. The van der Waals surface area contributed by atoms with Crippen LogP contribution < -0.4 is 15.0 Å². The molecule has 138 valence electrons.